The minimum absolute atomic E-state index is 0.0128. The standard InChI is InChI=1S/C14H21N3O/c1-10-6-7-17(9-10)14(18)16-13-5-3-4-12(8-13)11(2)15/h3-5,8,10-11H,6-7,9,15H2,1-2H3,(H,16,18). The van der Waals surface area contributed by atoms with Crippen molar-refractivity contribution in [1.29, 1.82) is 0 Å². The smallest absolute Gasteiger partial charge is 0.321 e. The van der Waals surface area contributed by atoms with Gasteiger partial charge in [0.1, 0.15) is 0 Å². The van der Waals surface area contributed by atoms with E-state index in [1.165, 1.54) is 0 Å². The maximum atomic E-state index is 12.0. The zero-order chi connectivity index (χ0) is 13.1. The number of benzene rings is 1. The summed E-state index contributed by atoms with van der Waals surface area (Å²) >= 11 is 0. The van der Waals surface area contributed by atoms with Gasteiger partial charge in [0.2, 0.25) is 0 Å². The number of nitrogens with zero attached hydrogens (tertiary/aromatic N) is 1. The van der Waals surface area contributed by atoms with Gasteiger partial charge in [0, 0.05) is 24.8 Å². The summed E-state index contributed by atoms with van der Waals surface area (Å²) in [5.41, 5.74) is 7.68. The fourth-order valence-corrected chi connectivity index (χ4v) is 2.22. The summed E-state index contributed by atoms with van der Waals surface area (Å²) in [7, 11) is 0. The SMILES string of the molecule is CC1CCN(C(=O)Nc2cccc(C(C)N)c2)C1. The Hall–Kier alpha value is -1.55. The van der Waals surface area contributed by atoms with Gasteiger partial charge in [0.15, 0.2) is 0 Å². The number of nitrogens with one attached hydrogen (secondary N) is 1. The Morgan fingerprint density at radius 2 is 2.33 bits per heavy atom. The lowest BCUT2D eigenvalue weighted by molar-refractivity contribution is 0.221. The molecule has 1 saturated heterocycles. The van der Waals surface area contributed by atoms with E-state index in [-0.39, 0.29) is 12.1 Å². The zero-order valence-corrected chi connectivity index (χ0v) is 11.0. The first-order valence-electron chi connectivity index (χ1n) is 6.47. The second-order valence-corrected chi connectivity index (χ2v) is 5.18. The van der Waals surface area contributed by atoms with Crippen molar-refractivity contribution in [2.45, 2.75) is 26.3 Å². The molecule has 2 amide bonds. The van der Waals surface area contributed by atoms with E-state index in [9.17, 15) is 4.79 Å². The third-order valence-electron chi connectivity index (χ3n) is 3.37. The molecule has 18 heavy (non-hydrogen) atoms. The molecule has 1 aromatic carbocycles. The van der Waals surface area contributed by atoms with Crippen LogP contribution in [0.2, 0.25) is 0 Å². The molecule has 0 aliphatic carbocycles. The molecule has 0 saturated carbocycles. The first kappa shape index (κ1) is 12.9. The molecule has 1 aliphatic rings. The molecule has 1 aromatic rings. The van der Waals surface area contributed by atoms with Gasteiger partial charge in [0.25, 0.3) is 0 Å². The normalized spacial score (nSPS) is 20.8. The Kier molecular flexibility index (Phi) is 3.87. The molecular weight excluding hydrogens is 226 g/mol. The maximum Gasteiger partial charge on any atom is 0.321 e. The predicted octanol–water partition coefficient (Wildman–Crippen LogP) is 2.58. The van der Waals surface area contributed by atoms with E-state index >= 15 is 0 Å². The fourth-order valence-electron chi connectivity index (χ4n) is 2.22. The summed E-state index contributed by atoms with van der Waals surface area (Å²) in [6.45, 7) is 5.80. The summed E-state index contributed by atoms with van der Waals surface area (Å²) in [4.78, 5) is 13.9. The van der Waals surface area contributed by atoms with E-state index in [1.54, 1.807) is 0 Å². The highest BCUT2D eigenvalue weighted by Gasteiger charge is 2.23. The van der Waals surface area contributed by atoms with Crippen molar-refractivity contribution in [3.63, 3.8) is 0 Å². The number of hydrogen-bond donors (Lipinski definition) is 2. The molecule has 2 unspecified atom stereocenters. The van der Waals surface area contributed by atoms with E-state index in [1.807, 2.05) is 36.1 Å². The van der Waals surface area contributed by atoms with Gasteiger partial charge in [-0.3, -0.25) is 0 Å². The topological polar surface area (TPSA) is 58.4 Å². The lowest BCUT2D eigenvalue weighted by atomic mass is 10.1. The van der Waals surface area contributed by atoms with Crippen LogP contribution in [0.25, 0.3) is 0 Å². The zero-order valence-electron chi connectivity index (χ0n) is 11.0. The predicted molar refractivity (Wildman–Crippen MR) is 73.4 cm³/mol. The van der Waals surface area contributed by atoms with Crippen molar-refractivity contribution < 1.29 is 4.79 Å². The van der Waals surface area contributed by atoms with Crippen molar-refractivity contribution in [2.75, 3.05) is 18.4 Å². The summed E-state index contributed by atoms with van der Waals surface area (Å²) in [6.07, 6.45) is 1.09. The Morgan fingerprint density at radius 1 is 1.56 bits per heavy atom. The van der Waals surface area contributed by atoms with Crippen LogP contribution >= 0.6 is 0 Å². The van der Waals surface area contributed by atoms with Crippen LogP contribution in [0.1, 0.15) is 31.9 Å². The highest BCUT2D eigenvalue weighted by atomic mass is 16.2. The van der Waals surface area contributed by atoms with Crippen LogP contribution in [0.4, 0.5) is 10.5 Å². The van der Waals surface area contributed by atoms with Gasteiger partial charge in [-0.2, -0.15) is 0 Å². The molecule has 2 atom stereocenters. The number of likely N-dealkylation sites (tertiary alicyclic amines) is 1. The van der Waals surface area contributed by atoms with E-state index in [0.29, 0.717) is 5.92 Å². The van der Waals surface area contributed by atoms with Crippen molar-refractivity contribution in [3.8, 4) is 0 Å². The number of carbonyl (C=O) groups excluding carboxylic acids is 1. The number of amides is 2. The quantitative estimate of drug-likeness (QED) is 0.844. The van der Waals surface area contributed by atoms with Gasteiger partial charge >= 0.3 is 6.03 Å². The number of nitrogens with two attached hydrogens (primary N) is 1. The summed E-state index contributed by atoms with van der Waals surface area (Å²) in [6, 6.07) is 7.68. The monoisotopic (exact) mass is 247 g/mol. The first-order chi connectivity index (χ1) is 8.56. The Labute approximate surface area is 108 Å². The summed E-state index contributed by atoms with van der Waals surface area (Å²) < 4.78 is 0. The maximum absolute atomic E-state index is 12.0. The lowest BCUT2D eigenvalue weighted by Gasteiger charge is -2.17. The van der Waals surface area contributed by atoms with Crippen LogP contribution < -0.4 is 11.1 Å². The van der Waals surface area contributed by atoms with Gasteiger partial charge in [-0.05, 0) is 37.0 Å². The van der Waals surface area contributed by atoms with Crippen molar-refractivity contribution in [3.05, 3.63) is 29.8 Å². The van der Waals surface area contributed by atoms with Crippen LogP contribution in [0, 0.1) is 5.92 Å². The minimum atomic E-state index is -0.0198. The number of urea groups is 1. The van der Waals surface area contributed by atoms with E-state index < -0.39 is 0 Å². The van der Waals surface area contributed by atoms with Crippen molar-refractivity contribution in [2.24, 2.45) is 11.7 Å². The third kappa shape index (κ3) is 3.01. The summed E-state index contributed by atoms with van der Waals surface area (Å²) in [5.74, 6) is 0.603. The molecule has 4 heteroatoms. The van der Waals surface area contributed by atoms with Crippen LogP contribution in [0.15, 0.2) is 24.3 Å². The first-order valence-corrected chi connectivity index (χ1v) is 6.47. The molecule has 0 spiro atoms. The van der Waals surface area contributed by atoms with Crippen LogP contribution in [-0.4, -0.2) is 24.0 Å². The van der Waals surface area contributed by atoms with Gasteiger partial charge in [-0.15, -0.1) is 0 Å². The van der Waals surface area contributed by atoms with Crippen LogP contribution in [-0.2, 0) is 0 Å². The molecular formula is C14H21N3O. The molecule has 98 valence electrons. The molecule has 3 N–H and O–H groups in total. The number of rotatable bonds is 2. The van der Waals surface area contributed by atoms with E-state index in [4.69, 9.17) is 5.73 Å². The minimum Gasteiger partial charge on any atom is -0.324 e. The molecule has 0 bridgehead atoms. The number of carbonyl (C=O) groups is 1. The Bertz CT molecular complexity index is 431. The molecule has 1 heterocycles. The average Bonchev–Trinajstić information content (AvgIpc) is 2.76. The molecule has 2 rings (SSSR count). The largest absolute Gasteiger partial charge is 0.324 e. The van der Waals surface area contributed by atoms with Gasteiger partial charge in [0.05, 0.1) is 0 Å². The van der Waals surface area contributed by atoms with Crippen molar-refractivity contribution >= 4 is 11.7 Å². The number of anilines is 1. The van der Waals surface area contributed by atoms with E-state index in [0.717, 1.165) is 30.8 Å². The molecule has 0 aromatic heterocycles. The van der Waals surface area contributed by atoms with Gasteiger partial charge < -0.3 is 16.0 Å². The Balaban J connectivity index is 2.00. The fraction of sp³-hybridized carbons (Fsp3) is 0.500. The lowest BCUT2D eigenvalue weighted by Crippen LogP contribution is -2.32. The second kappa shape index (κ2) is 5.40. The molecule has 4 nitrogen and oxygen atoms in total. The summed E-state index contributed by atoms with van der Waals surface area (Å²) in [5, 5.41) is 2.93. The highest BCUT2D eigenvalue weighted by Crippen LogP contribution is 2.19. The highest BCUT2D eigenvalue weighted by molar-refractivity contribution is 5.89. The molecule has 1 aliphatic heterocycles. The van der Waals surface area contributed by atoms with Gasteiger partial charge in [-0.1, -0.05) is 19.1 Å². The van der Waals surface area contributed by atoms with Crippen molar-refractivity contribution in [1.82, 2.24) is 4.90 Å². The molecule has 0 radical (unpaired) electrons. The third-order valence-corrected chi connectivity index (χ3v) is 3.37. The number of hydrogen-bond acceptors (Lipinski definition) is 2. The van der Waals surface area contributed by atoms with Crippen LogP contribution in [0.3, 0.4) is 0 Å². The Morgan fingerprint density at radius 3 is 2.94 bits per heavy atom. The average molecular weight is 247 g/mol. The molecule has 1 fully saturated rings. The van der Waals surface area contributed by atoms with E-state index in [2.05, 4.69) is 12.2 Å². The second-order valence-electron chi connectivity index (χ2n) is 5.18. The van der Waals surface area contributed by atoms with Crippen LogP contribution in [0.5, 0.6) is 0 Å². The van der Waals surface area contributed by atoms with Gasteiger partial charge in [-0.25, -0.2) is 4.79 Å².